The van der Waals surface area contributed by atoms with Crippen LogP contribution in [0.15, 0.2) is 71.7 Å². The van der Waals surface area contributed by atoms with E-state index < -0.39 is 5.82 Å². The van der Waals surface area contributed by atoms with Gasteiger partial charge < -0.3 is 20.7 Å². The second-order valence-corrected chi connectivity index (χ2v) is 8.57. The zero-order valence-electron chi connectivity index (χ0n) is 19.2. The maximum absolute atomic E-state index is 13.8. The minimum atomic E-state index is -0.394. The summed E-state index contributed by atoms with van der Waals surface area (Å²) in [5.74, 6) is -0.824. The number of nitrogens with one attached hydrogen (secondary N) is 1. The van der Waals surface area contributed by atoms with E-state index in [0.29, 0.717) is 28.6 Å². The highest BCUT2D eigenvalue weighted by molar-refractivity contribution is 6.21. The van der Waals surface area contributed by atoms with Gasteiger partial charge in [-0.3, -0.25) is 4.79 Å². The number of carbonyl (C=O) groups excluding carboxylic acids is 1. The van der Waals surface area contributed by atoms with E-state index in [9.17, 15) is 14.3 Å². The predicted octanol–water partition coefficient (Wildman–Crippen LogP) is 4.66. The first-order valence-electron chi connectivity index (χ1n) is 11.0. The second-order valence-electron chi connectivity index (χ2n) is 8.57. The number of aromatic amines is 1. The Morgan fingerprint density at radius 3 is 2.35 bits per heavy atom. The minimum Gasteiger partial charge on any atom is -0.494 e. The summed E-state index contributed by atoms with van der Waals surface area (Å²) in [6, 6.07) is 19.9. The number of primary amides is 1. The number of aryl methyl sites for hydroxylation is 1. The van der Waals surface area contributed by atoms with Crippen molar-refractivity contribution >= 4 is 28.2 Å². The average molecular weight is 459 g/mol. The van der Waals surface area contributed by atoms with Crippen LogP contribution in [0.25, 0.3) is 10.9 Å². The Kier molecular flexibility index (Phi) is 6.75. The Morgan fingerprint density at radius 1 is 1.03 bits per heavy atom. The van der Waals surface area contributed by atoms with Crippen LogP contribution in [0.4, 0.5) is 10.1 Å². The minimum absolute atomic E-state index is 0.0821. The molecule has 0 saturated carbocycles. The van der Waals surface area contributed by atoms with Gasteiger partial charge in [0.15, 0.2) is 5.88 Å². The summed E-state index contributed by atoms with van der Waals surface area (Å²) < 4.78 is 13.8. The van der Waals surface area contributed by atoms with Crippen LogP contribution in [-0.4, -0.2) is 40.7 Å². The summed E-state index contributed by atoms with van der Waals surface area (Å²) in [5, 5.41) is 11.4. The van der Waals surface area contributed by atoms with Gasteiger partial charge in [0.2, 0.25) is 5.91 Å². The summed E-state index contributed by atoms with van der Waals surface area (Å²) in [7, 11) is 4.03. The molecule has 0 saturated heterocycles. The number of aromatic hydroxyl groups is 1. The fourth-order valence-electron chi connectivity index (χ4n) is 3.93. The number of halogens is 1. The van der Waals surface area contributed by atoms with Crippen LogP contribution in [-0.2, 0) is 17.8 Å². The van der Waals surface area contributed by atoms with Crippen LogP contribution >= 0.6 is 0 Å². The van der Waals surface area contributed by atoms with Gasteiger partial charge in [-0.1, -0.05) is 36.4 Å². The average Bonchev–Trinajstić information content (AvgIpc) is 3.11. The maximum Gasteiger partial charge on any atom is 0.217 e. The van der Waals surface area contributed by atoms with E-state index in [1.54, 1.807) is 6.07 Å². The first-order valence-corrected chi connectivity index (χ1v) is 11.0. The molecular formula is C27H27FN4O2. The van der Waals surface area contributed by atoms with E-state index >= 15 is 0 Å². The molecule has 6 nitrogen and oxygen atoms in total. The molecule has 0 spiro atoms. The van der Waals surface area contributed by atoms with Crippen molar-refractivity contribution in [3.8, 4) is 5.88 Å². The molecule has 1 amide bonds. The predicted molar refractivity (Wildman–Crippen MR) is 133 cm³/mol. The molecule has 4 aromatic rings. The summed E-state index contributed by atoms with van der Waals surface area (Å²) in [6.07, 6.45) is 0.821. The number of aromatic nitrogens is 1. The molecule has 0 atom stereocenters. The highest BCUT2D eigenvalue weighted by Crippen LogP contribution is 2.32. The number of rotatable bonds is 8. The molecule has 4 rings (SSSR count). The summed E-state index contributed by atoms with van der Waals surface area (Å²) in [6.45, 7) is 0.818. The Hall–Kier alpha value is -3.97. The van der Waals surface area contributed by atoms with Crippen molar-refractivity contribution in [1.29, 1.82) is 0 Å². The zero-order valence-corrected chi connectivity index (χ0v) is 19.2. The molecule has 0 radical (unpaired) electrons. The Morgan fingerprint density at radius 2 is 1.71 bits per heavy atom. The molecule has 0 aliphatic carbocycles. The van der Waals surface area contributed by atoms with E-state index in [1.807, 2.05) is 62.6 Å². The lowest BCUT2D eigenvalue weighted by Gasteiger charge is -2.11. The topological polar surface area (TPSA) is 94.7 Å². The van der Waals surface area contributed by atoms with Gasteiger partial charge >= 0.3 is 0 Å². The van der Waals surface area contributed by atoms with Gasteiger partial charge in [0.25, 0.3) is 0 Å². The van der Waals surface area contributed by atoms with Gasteiger partial charge in [0.1, 0.15) is 5.82 Å². The van der Waals surface area contributed by atoms with Crippen molar-refractivity contribution in [3.63, 3.8) is 0 Å². The van der Waals surface area contributed by atoms with Crippen molar-refractivity contribution in [3.05, 3.63) is 94.8 Å². The largest absolute Gasteiger partial charge is 0.494 e. The number of carbonyl (C=O) groups is 1. The Bertz CT molecular complexity index is 1340. The highest BCUT2D eigenvalue weighted by atomic mass is 19.1. The standard InChI is InChI=1S/C27H27FN4O2/c1-32(2)16-18-5-11-21(12-6-18)30-26(19-8-3-17(4-9-19)7-14-24(29)33)25-22-13-10-20(28)15-23(22)31-27(25)34/h3-6,8-13,15,31,34H,7,14,16H2,1-2H3,(H2,29,33). The van der Waals surface area contributed by atoms with Crippen molar-refractivity contribution < 1.29 is 14.3 Å². The molecule has 34 heavy (non-hydrogen) atoms. The summed E-state index contributed by atoms with van der Waals surface area (Å²) in [4.78, 5) is 20.9. The van der Waals surface area contributed by atoms with Crippen LogP contribution in [0.2, 0.25) is 0 Å². The molecule has 7 heteroatoms. The molecule has 3 aromatic carbocycles. The van der Waals surface area contributed by atoms with Crippen LogP contribution in [0.1, 0.15) is 28.7 Å². The number of benzene rings is 3. The van der Waals surface area contributed by atoms with Crippen molar-refractivity contribution in [2.75, 3.05) is 14.1 Å². The Balaban J connectivity index is 1.80. The molecule has 0 fully saturated rings. The first-order chi connectivity index (χ1) is 16.3. The fourth-order valence-corrected chi connectivity index (χ4v) is 3.93. The van der Waals surface area contributed by atoms with E-state index in [1.165, 1.54) is 12.1 Å². The number of H-pyrrole nitrogens is 1. The summed E-state index contributed by atoms with van der Waals surface area (Å²) in [5.41, 5.74) is 10.4. The van der Waals surface area contributed by atoms with Gasteiger partial charge in [-0.15, -0.1) is 0 Å². The molecule has 174 valence electrons. The Labute approximate surface area is 197 Å². The van der Waals surface area contributed by atoms with Gasteiger partial charge in [0.05, 0.1) is 22.5 Å². The maximum atomic E-state index is 13.8. The van der Waals surface area contributed by atoms with Crippen LogP contribution in [0.5, 0.6) is 5.88 Å². The number of amides is 1. The molecule has 0 aliphatic heterocycles. The van der Waals surface area contributed by atoms with Crippen molar-refractivity contribution in [2.45, 2.75) is 19.4 Å². The van der Waals surface area contributed by atoms with Crippen LogP contribution in [0.3, 0.4) is 0 Å². The number of nitrogens with two attached hydrogens (primary N) is 1. The van der Waals surface area contributed by atoms with Gasteiger partial charge in [-0.05, 0) is 62.0 Å². The van der Waals surface area contributed by atoms with Gasteiger partial charge in [-0.25, -0.2) is 9.38 Å². The molecule has 0 bridgehead atoms. The SMILES string of the molecule is CN(C)Cc1ccc(N=C(c2ccc(CCC(N)=O)cc2)c2c(O)[nH]c3cc(F)ccc23)cc1. The quantitative estimate of drug-likeness (QED) is 0.335. The number of hydrogen-bond donors (Lipinski definition) is 3. The smallest absolute Gasteiger partial charge is 0.217 e. The molecular weight excluding hydrogens is 431 g/mol. The van der Waals surface area contributed by atoms with E-state index in [0.717, 1.165) is 28.9 Å². The highest BCUT2D eigenvalue weighted by Gasteiger charge is 2.19. The first kappa shape index (κ1) is 23.2. The second kappa shape index (κ2) is 9.89. The lowest BCUT2D eigenvalue weighted by molar-refractivity contribution is -0.117. The van der Waals surface area contributed by atoms with Crippen LogP contribution < -0.4 is 5.73 Å². The summed E-state index contributed by atoms with van der Waals surface area (Å²) >= 11 is 0. The number of fused-ring (bicyclic) bond motifs is 1. The van der Waals surface area contributed by atoms with E-state index in [2.05, 4.69) is 9.88 Å². The molecule has 1 aromatic heterocycles. The van der Waals surface area contributed by atoms with Gasteiger partial charge in [-0.2, -0.15) is 0 Å². The zero-order chi connectivity index (χ0) is 24.2. The van der Waals surface area contributed by atoms with Gasteiger partial charge in [0, 0.05) is 23.9 Å². The number of aliphatic imine (C=N–C) groups is 1. The lowest BCUT2D eigenvalue weighted by atomic mass is 9.98. The third kappa shape index (κ3) is 5.32. The normalized spacial score (nSPS) is 11.9. The number of nitrogens with zero attached hydrogens (tertiary/aromatic N) is 2. The molecule has 1 heterocycles. The third-order valence-corrected chi connectivity index (χ3v) is 5.54. The molecule has 4 N–H and O–H groups in total. The monoisotopic (exact) mass is 458 g/mol. The van der Waals surface area contributed by atoms with E-state index in [4.69, 9.17) is 10.7 Å². The molecule has 0 unspecified atom stereocenters. The van der Waals surface area contributed by atoms with Crippen molar-refractivity contribution in [1.82, 2.24) is 9.88 Å². The fraction of sp³-hybridized carbons (Fsp3) is 0.185. The van der Waals surface area contributed by atoms with Crippen molar-refractivity contribution in [2.24, 2.45) is 10.7 Å². The lowest BCUT2D eigenvalue weighted by Crippen LogP contribution is -2.11. The third-order valence-electron chi connectivity index (χ3n) is 5.54. The molecule has 0 aliphatic rings. The van der Waals surface area contributed by atoms with Crippen LogP contribution in [0, 0.1) is 5.82 Å². The van der Waals surface area contributed by atoms with E-state index in [-0.39, 0.29) is 18.2 Å². The number of hydrogen-bond acceptors (Lipinski definition) is 4.